The van der Waals surface area contributed by atoms with Crippen LogP contribution in [0.3, 0.4) is 0 Å². The van der Waals surface area contributed by atoms with Crippen molar-refractivity contribution in [2.45, 2.75) is 20.3 Å². The molecule has 0 radical (unpaired) electrons. The quantitative estimate of drug-likeness (QED) is 0.475. The molecule has 2 aromatic heterocycles. The Kier molecular flexibility index (Phi) is 6.11. The monoisotopic (exact) mass is 446 g/mol. The number of morpholine rings is 1. The van der Waals surface area contributed by atoms with Crippen LogP contribution in [0.25, 0.3) is 16.7 Å². The van der Waals surface area contributed by atoms with Crippen LogP contribution in [0.5, 0.6) is 0 Å². The van der Waals surface area contributed by atoms with Crippen LogP contribution in [-0.4, -0.2) is 59.8 Å². The second kappa shape index (κ2) is 9.33. The van der Waals surface area contributed by atoms with Crippen molar-refractivity contribution < 1.29 is 9.47 Å². The van der Waals surface area contributed by atoms with Gasteiger partial charge in [0.15, 0.2) is 11.5 Å². The Bertz CT molecular complexity index is 1220. The van der Waals surface area contributed by atoms with Gasteiger partial charge in [-0.15, -0.1) is 0 Å². The standard InChI is InChI=1S/C25H30N6O2/c1-17-6-4-7-19(14-17)18(2)28-29-22-15-21(31-9-12-32-13-10-31)23-25(26-22)30(3)24(27-23)20-8-5-11-33-16-20/h4,6-8,14-15H,5,9-13,16H2,1-3H3,(H,26,29). The fourth-order valence-electron chi connectivity index (χ4n) is 4.31. The van der Waals surface area contributed by atoms with E-state index in [1.54, 1.807) is 0 Å². The smallest absolute Gasteiger partial charge is 0.164 e. The molecule has 172 valence electrons. The van der Waals surface area contributed by atoms with Gasteiger partial charge in [-0.05, 0) is 25.8 Å². The van der Waals surface area contributed by atoms with E-state index < -0.39 is 0 Å². The fourth-order valence-corrected chi connectivity index (χ4v) is 4.31. The lowest BCUT2D eigenvalue weighted by Gasteiger charge is -2.29. The number of pyridine rings is 1. The highest BCUT2D eigenvalue weighted by atomic mass is 16.5. The summed E-state index contributed by atoms with van der Waals surface area (Å²) in [6.45, 7) is 8.48. The third kappa shape index (κ3) is 4.49. The van der Waals surface area contributed by atoms with Crippen LogP contribution < -0.4 is 10.3 Å². The molecule has 0 atom stereocenters. The fraction of sp³-hybridized carbons (Fsp3) is 0.400. The SMILES string of the molecule is CC(=NNc1cc(N2CCOCC2)c2nc(C3=CCCOC3)n(C)c2n1)c1cccc(C)c1. The van der Waals surface area contributed by atoms with Crippen LogP contribution in [0.1, 0.15) is 30.3 Å². The number of hydrazone groups is 1. The number of imidazole rings is 1. The first-order valence-electron chi connectivity index (χ1n) is 11.4. The van der Waals surface area contributed by atoms with Crippen molar-refractivity contribution in [1.29, 1.82) is 0 Å². The molecule has 1 saturated heterocycles. The molecule has 0 amide bonds. The number of nitrogens with one attached hydrogen (secondary N) is 1. The number of aryl methyl sites for hydroxylation is 2. The van der Waals surface area contributed by atoms with Gasteiger partial charge >= 0.3 is 0 Å². The molecular formula is C25H30N6O2. The highest BCUT2D eigenvalue weighted by Gasteiger charge is 2.22. The summed E-state index contributed by atoms with van der Waals surface area (Å²) in [6, 6.07) is 10.4. The van der Waals surface area contributed by atoms with E-state index in [1.807, 2.05) is 26.1 Å². The molecule has 5 rings (SSSR count). The summed E-state index contributed by atoms with van der Waals surface area (Å²) in [5, 5.41) is 4.63. The maximum absolute atomic E-state index is 5.67. The van der Waals surface area contributed by atoms with E-state index in [-0.39, 0.29) is 0 Å². The maximum Gasteiger partial charge on any atom is 0.164 e. The maximum atomic E-state index is 5.67. The van der Waals surface area contributed by atoms with Crippen molar-refractivity contribution in [3.63, 3.8) is 0 Å². The summed E-state index contributed by atoms with van der Waals surface area (Å²) in [5.41, 5.74) is 10.3. The zero-order valence-electron chi connectivity index (χ0n) is 19.5. The van der Waals surface area contributed by atoms with E-state index in [0.29, 0.717) is 25.6 Å². The Morgan fingerprint density at radius 2 is 1.94 bits per heavy atom. The number of rotatable bonds is 5. The molecule has 1 aromatic carbocycles. The topological polar surface area (TPSA) is 76.8 Å². The average Bonchev–Trinajstić information content (AvgIpc) is 3.19. The van der Waals surface area contributed by atoms with Gasteiger partial charge in [0.2, 0.25) is 0 Å². The minimum absolute atomic E-state index is 0.579. The zero-order chi connectivity index (χ0) is 22.8. The molecule has 8 nitrogen and oxygen atoms in total. The lowest BCUT2D eigenvalue weighted by Crippen LogP contribution is -2.36. The lowest BCUT2D eigenvalue weighted by atomic mass is 10.1. The summed E-state index contributed by atoms with van der Waals surface area (Å²) in [4.78, 5) is 12.2. The van der Waals surface area contributed by atoms with E-state index in [4.69, 9.17) is 19.4 Å². The molecule has 2 aliphatic heterocycles. The zero-order valence-corrected chi connectivity index (χ0v) is 19.5. The Hall–Kier alpha value is -3.23. The molecule has 8 heteroatoms. The van der Waals surface area contributed by atoms with Crippen molar-refractivity contribution >= 4 is 34.0 Å². The van der Waals surface area contributed by atoms with E-state index in [0.717, 1.165) is 65.6 Å². The molecule has 0 unspecified atom stereocenters. The highest BCUT2D eigenvalue weighted by molar-refractivity contribution is 5.99. The first kappa shape index (κ1) is 21.6. The van der Waals surface area contributed by atoms with Gasteiger partial charge in [-0.1, -0.05) is 35.9 Å². The van der Waals surface area contributed by atoms with Gasteiger partial charge in [0.1, 0.15) is 11.3 Å². The Labute approximate surface area is 193 Å². The largest absolute Gasteiger partial charge is 0.378 e. The van der Waals surface area contributed by atoms with Crippen LogP contribution in [0, 0.1) is 6.92 Å². The average molecular weight is 447 g/mol. The van der Waals surface area contributed by atoms with E-state index in [9.17, 15) is 0 Å². The second-order valence-corrected chi connectivity index (χ2v) is 8.54. The third-order valence-corrected chi connectivity index (χ3v) is 6.13. The van der Waals surface area contributed by atoms with Crippen molar-refractivity contribution in [3.05, 3.63) is 53.4 Å². The molecule has 3 aromatic rings. The van der Waals surface area contributed by atoms with Gasteiger partial charge in [0, 0.05) is 31.8 Å². The Morgan fingerprint density at radius 3 is 2.70 bits per heavy atom. The molecule has 33 heavy (non-hydrogen) atoms. The molecule has 0 aliphatic carbocycles. The van der Waals surface area contributed by atoms with Crippen molar-refractivity contribution in [2.24, 2.45) is 12.1 Å². The van der Waals surface area contributed by atoms with Crippen molar-refractivity contribution in [1.82, 2.24) is 14.5 Å². The Balaban J connectivity index is 1.55. The predicted molar refractivity (Wildman–Crippen MR) is 132 cm³/mol. The van der Waals surface area contributed by atoms with Crippen LogP contribution in [0.15, 0.2) is 41.5 Å². The summed E-state index contributed by atoms with van der Waals surface area (Å²) in [7, 11) is 2.02. The number of hydrogen-bond acceptors (Lipinski definition) is 7. The Morgan fingerprint density at radius 1 is 1.09 bits per heavy atom. The summed E-state index contributed by atoms with van der Waals surface area (Å²) >= 11 is 0. The molecule has 0 saturated carbocycles. The molecule has 0 spiro atoms. The van der Waals surface area contributed by atoms with Crippen LogP contribution >= 0.6 is 0 Å². The minimum atomic E-state index is 0.579. The normalized spacial score (nSPS) is 17.4. The highest BCUT2D eigenvalue weighted by Crippen LogP contribution is 2.31. The van der Waals surface area contributed by atoms with Crippen molar-refractivity contribution in [2.75, 3.05) is 49.8 Å². The van der Waals surface area contributed by atoms with Gasteiger partial charge in [0.05, 0.1) is 37.8 Å². The number of ether oxygens (including phenoxy) is 2. The molecule has 4 heterocycles. The molecule has 2 aliphatic rings. The second-order valence-electron chi connectivity index (χ2n) is 8.54. The molecular weight excluding hydrogens is 416 g/mol. The van der Waals surface area contributed by atoms with Gasteiger partial charge in [-0.25, -0.2) is 9.97 Å². The van der Waals surface area contributed by atoms with Crippen LogP contribution in [0.2, 0.25) is 0 Å². The summed E-state index contributed by atoms with van der Waals surface area (Å²) in [6.07, 6.45) is 3.12. The molecule has 0 bridgehead atoms. The van der Waals surface area contributed by atoms with Crippen LogP contribution in [-0.2, 0) is 16.5 Å². The predicted octanol–water partition coefficient (Wildman–Crippen LogP) is 3.75. The molecule has 1 N–H and O–H groups in total. The lowest BCUT2D eigenvalue weighted by molar-refractivity contribution is 0.123. The van der Waals surface area contributed by atoms with Gasteiger partial charge in [-0.3, -0.25) is 5.43 Å². The molecule has 1 fully saturated rings. The summed E-state index contributed by atoms with van der Waals surface area (Å²) < 4.78 is 13.3. The first-order valence-corrected chi connectivity index (χ1v) is 11.4. The minimum Gasteiger partial charge on any atom is -0.378 e. The number of fused-ring (bicyclic) bond motifs is 1. The number of anilines is 2. The van der Waals surface area contributed by atoms with Crippen molar-refractivity contribution in [3.8, 4) is 0 Å². The van der Waals surface area contributed by atoms with E-state index >= 15 is 0 Å². The summed E-state index contributed by atoms with van der Waals surface area (Å²) in [5.74, 6) is 1.60. The van der Waals surface area contributed by atoms with E-state index in [2.05, 4.69) is 51.2 Å². The number of nitrogens with zero attached hydrogens (tertiary/aromatic N) is 5. The number of aromatic nitrogens is 3. The van der Waals surface area contributed by atoms with Gasteiger partial charge in [0.25, 0.3) is 0 Å². The third-order valence-electron chi connectivity index (χ3n) is 6.13. The van der Waals surface area contributed by atoms with E-state index in [1.165, 1.54) is 5.56 Å². The first-order chi connectivity index (χ1) is 16.1. The number of hydrogen-bond donors (Lipinski definition) is 1. The van der Waals surface area contributed by atoms with Gasteiger partial charge < -0.3 is 18.9 Å². The van der Waals surface area contributed by atoms with Crippen LogP contribution in [0.4, 0.5) is 11.5 Å². The van der Waals surface area contributed by atoms with Gasteiger partial charge in [-0.2, -0.15) is 5.10 Å². The number of benzene rings is 1.